The van der Waals surface area contributed by atoms with Gasteiger partial charge in [-0.3, -0.25) is 9.69 Å². The maximum atomic E-state index is 13.5. The Bertz CT molecular complexity index is 1520. The third kappa shape index (κ3) is 4.95. The summed E-state index contributed by atoms with van der Waals surface area (Å²) in [6.45, 7) is 1.16. The number of carbonyl (C=O) groups is 2. The van der Waals surface area contributed by atoms with Crippen LogP contribution in [0.1, 0.15) is 16.1 Å². The summed E-state index contributed by atoms with van der Waals surface area (Å²) in [5.41, 5.74) is 1.30. The zero-order valence-electron chi connectivity index (χ0n) is 20.0. The van der Waals surface area contributed by atoms with Crippen molar-refractivity contribution < 1.29 is 22.8 Å². The molecule has 2 heterocycles. The van der Waals surface area contributed by atoms with Gasteiger partial charge in [0.15, 0.2) is 5.69 Å². The molecular weight excluding hydrogens is 519 g/mol. The second-order valence-electron chi connectivity index (χ2n) is 8.71. The molecule has 1 aromatic heterocycles. The predicted molar refractivity (Wildman–Crippen MR) is 139 cm³/mol. The van der Waals surface area contributed by atoms with Crippen molar-refractivity contribution in [3.8, 4) is 16.9 Å². The summed E-state index contributed by atoms with van der Waals surface area (Å²) in [4.78, 5) is 28.4. The van der Waals surface area contributed by atoms with Crippen LogP contribution in [0.2, 0.25) is 5.02 Å². The van der Waals surface area contributed by atoms with Crippen LogP contribution in [-0.2, 0) is 6.18 Å². The van der Waals surface area contributed by atoms with E-state index in [2.05, 4.69) is 10.4 Å². The summed E-state index contributed by atoms with van der Waals surface area (Å²) in [7, 11) is 1.73. The number of likely N-dealkylation sites (N-methyl/N-ethyl adjacent to an activating group) is 1. The van der Waals surface area contributed by atoms with Crippen LogP contribution in [0.15, 0.2) is 78.9 Å². The molecule has 0 atom stereocenters. The lowest BCUT2D eigenvalue weighted by molar-refractivity contribution is -0.141. The number of aromatic nitrogens is 2. The number of rotatable bonds is 5. The monoisotopic (exact) mass is 539 g/mol. The second-order valence-corrected chi connectivity index (χ2v) is 9.12. The number of nitrogens with one attached hydrogen (secondary N) is 1. The number of halogens is 4. The van der Waals surface area contributed by atoms with E-state index in [9.17, 15) is 22.8 Å². The number of nitrogens with zero attached hydrogens (tertiary/aromatic N) is 4. The first-order valence-corrected chi connectivity index (χ1v) is 12.0. The number of hydrogen-bond donors (Lipinski definition) is 1. The van der Waals surface area contributed by atoms with Crippen molar-refractivity contribution in [2.24, 2.45) is 0 Å². The topological polar surface area (TPSA) is 70.5 Å². The fourth-order valence-electron chi connectivity index (χ4n) is 4.17. The first kappa shape index (κ1) is 25.3. The Kier molecular flexibility index (Phi) is 6.58. The van der Waals surface area contributed by atoms with Crippen LogP contribution in [0.5, 0.6) is 0 Å². The zero-order chi connectivity index (χ0) is 27.0. The molecule has 0 radical (unpaired) electrons. The Morgan fingerprint density at radius 1 is 0.974 bits per heavy atom. The number of anilines is 2. The van der Waals surface area contributed by atoms with Gasteiger partial charge in [-0.2, -0.15) is 18.3 Å². The Hall–Kier alpha value is -4.31. The molecule has 11 heteroatoms. The molecule has 4 aromatic rings. The molecule has 0 saturated carbocycles. The zero-order valence-corrected chi connectivity index (χ0v) is 20.8. The van der Waals surface area contributed by atoms with Crippen molar-refractivity contribution in [3.05, 3.63) is 95.1 Å². The Balaban J connectivity index is 1.40. The standard InChI is InChI=1S/C27H21ClF3N5O2/c1-34-13-14-35(26(34)38)20-6-4-5-19(15-20)32-25(37)18-11-9-17(10-12-18)23-16-24(27(29,30)31)33-36(23)22-8-3-2-7-21(22)28/h2-12,15-16H,13-14H2,1H3,(H,32,37). The third-order valence-electron chi connectivity index (χ3n) is 6.16. The molecule has 0 spiro atoms. The second kappa shape index (κ2) is 9.86. The van der Waals surface area contributed by atoms with E-state index < -0.39 is 17.8 Å². The van der Waals surface area contributed by atoms with Crippen LogP contribution in [0.4, 0.5) is 29.3 Å². The van der Waals surface area contributed by atoms with Gasteiger partial charge >= 0.3 is 12.2 Å². The summed E-state index contributed by atoms with van der Waals surface area (Å²) in [5, 5.41) is 6.79. The Labute approximate surface area is 221 Å². The predicted octanol–water partition coefficient (Wildman–Crippen LogP) is 6.34. The molecule has 3 amide bonds. The lowest BCUT2D eigenvalue weighted by Gasteiger charge is -2.17. The number of amides is 3. The molecule has 3 aromatic carbocycles. The van der Waals surface area contributed by atoms with Crippen LogP contribution in [0.3, 0.4) is 0 Å². The SMILES string of the molecule is CN1CCN(c2cccc(NC(=O)c3ccc(-c4cc(C(F)(F)F)nn4-c4ccccc4Cl)cc3)c2)C1=O. The maximum absolute atomic E-state index is 13.5. The molecule has 1 fully saturated rings. The largest absolute Gasteiger partial charge is 0.435 e. The van der Waals surface area contributed by atoms with Gasteiger partial charge in [0, 0.05) is 42.6 Å². The molecule has 194 valence electrons. The van der Waals surface area contributed by atoms with Crippen LogP contribution >= 0.6 is 11.6 Å². The molecule has 1 aliphatic rings. The number of urea groups is 1. The Morgan fingerprint density at radius 3 is 2.37 bits per heavy atom. The number of carbonyl (C=O) groups excluding carboxylic acids is 2. The van der Waals surface area contributed by atoms with Gasteiger partial charge in [0.25, 0.3) is 5.91 Å². The molecule has 0 aliphatic carbocycles. The lowest BCUT2D eigenvalue weighted by Crippen LogP contribution is -2.29. The molecular formula is C27H21ClF3N5O2. The number of benzene rings is 3. The Morgan fingerprint density at radius 2 is 1.71 bits per heavy atom. The van der Waals surface area contributed by atoms with E-state index in [1.807, 2.05) is 0 Å². The van der Waals surface area contributed by atoms with Gasteiger partial charge in [-0.05, 0) is 48.5 Å². The highest BCUT2D eigenvalue weighted by atomic mass is 35.5. The van der Waals surface area contributed by atoms with Gasteiger partial charge in [-0.15, -0.1) is 0 Å². The minimum absolute atomic E-state index is 0.117. The highest BCUT2D eigenvalue weighted by Crippen LogP contribution is 2.34. The van der Waals surface area contributed by atoms with Crippen molar-refractivity contribution in [1.29, 1.82) is 0 Å². The summed E-state index contributed by atoms with van der Waals surface area (Å²) in [5.74, 6) is -0.408. The lowest BCUT2D eigenvalue weighted by atomic mass is 10.1. The summed E-state index contributed by atoms with van der Waals surface area (Å²) >= 11 is 6.23. The van der Waals surface area contributed by atoms with Gasteiger partial charge in [0.1, 0.15) is 0 Å². The first-order chi connectivity index (χ1) is 18.1. The van der Waals surface area contributed by atoms with Crippen molar-refractivity contribution in [2.75, 3.05) is 30.4 Å². The summed E-state index contributed by atoms with van der Waals surface area (Å²) in [6, 6.07) is 20.4. The van der Waals surface area contributed by atoms with E-state index in [1.165, 1.54) is 12.1 Å². The number of alkyl halides is 3. The normalized spacial score (nSPS) is 13.8. The molecule has 5 rings (SSSR count). The minimum atomic E-state index is -4.65. The molecule has 1 N–H and O–H groups in total. The quantitative estimate of drug-likeness (QED) is 0.322. The highest BCUT2D eigenvalue weighted by molar-refractivity contribution is 6.32. The van der Waals surface area contributed by atoms with Gasteiger partial charge in [0.05, 0.1) is 16.4 Å². The molecule has 1 saturated heterocycles. The van der Waals surface area contributed by atoms with Crippen LogP contribution in [0.25, 0.3) is 16.9 Å². The first-order valence-electron chi connectivity index (χ1n) is 11.6. The van der Waals surface area contributed by atoms with Crippen LogP contribution < -0.4 is 10.2 Å². The molecule has 0 unspecified atom stereocenters. The van der Waals surface area contributed by atoms with E-state index >= 15 is 0 Å². The smallest absolute Gasteiger partial charge is 0.326 e. The third-order valence-corrected chi connectivity index (χ3v) is 6.48. The molecule has 7 nitrogen and oxygen atoms in total. The minimum Gasteiger partial charge on any atom is -0.326 e. The summed E-state index contributed by atoms with van der Waals surface area (Å²) in [6.07, 6.45) is -4.65. The van der Waals surface area contributed by atoms with Crippen molar-refractivity contribution in [3.63, 3.8) is 0 Å². The average molecular weight is 540 g/mol. The van der Waals surface area contributed by atoms with Crippen molar-refractivity contribution in [1.82, 2.24) is 14.7 Å². The number of para-hydroxylation sites is 1. The van der Waals surface area contributed by atoms with Gasteiger partial charge < -0.3 is 10.2 Å². The fourth-order valence-corrected chi connectivity index (χ4v) is 4.38. The van der Waals surface area contributed by atoms with Gasteiger partial charge in [0.2, 0.25) is 0 Å². The van der Waals surface area contributed by atoms with E-state index in [1.54, 1.807) is 77.5 Å². The van der Waals surface area contributed by atoms with Crippen molar-refractivity contribution in [2.45, 2.75) is 6.18 Å². The van der Waals surface area contributed by atoms with Gasteiger partial charge in [-0.25, -0.2) is 9.48 Å². The number of hydrogen-bond acceptors (Lipinski definition) is 3. The van der Waals surface area contributed by atoms with Crippen LogP contribution in [-0.4, -0.2) is 46.8 Å². The maximum Gasteiger partial charge on any atom is 0.435 e. The van der Waals surface area contributed by atoms with E-state index in [-0.39, 0.29) is 16.7 Å². The average Bonchev–Trinajstić information content (AvgIpc) is 3.49. The molecule has 1 aliphatic heterocycles. The fraction of sp³-hybridized carbons (Fsp3) is 0.148. The van der Waals surface area contributed by atoms with E-state index in [0.717, 1.165) is 10.7 Å². The van der Waals surface area contributed by atoms with Crippen molar-refractivity contribution >= 4 is 34.9 Å². The van der Waals surface area contributed by atoms with Crippen LogP contribution in [0, 0.1) is 0 Å². The van der Waals surface area contributed by atoms with Gasteiger partial charge in [-0.1, -0.05) is 41.9 Å². The molecule has 38 heavy (non-hydrogen) atoms. The highest BCUT2D eigenvalue weighted by Gasteiger charge is 2.35. The van der Waals surface area contributed by atoms with E-state index in [0.29, 0.717) is 41.3 Å². The summed E-state index contributed by atoms with van der Waals surface area (Å²) < 4.78 is 41.6. The molecule has 0 bridgehead atoms. The van der Waals surface area contributed by atoms with E-state index in [4.69, 9.17) is 11.6 Å².